The van der Waals surface area contributed by atoms with Gasteiger partial charge in [-0.15, -0.1) is 0 Å². The lowest BCUT2D eigenvalue weighted by Gasteiger charge is -2.32. The number of unbranched alkanes of at least 4 members (excludes halogenated alkanes) is 1. The van der Waals surface area contributed by atoms with Crippen molar-refractivity contribution < 1.29 is 22.4 Å². The quantitative estimate of drug-likeness (QED) is 0.291. The SMILES string of the molecule is CCCCNC(=O)[C@@H](C)N(Cc1ccc(Br)cc1)C(=O)CN(c1ccccc1F)S(=O)(=O)c1ccccc1. The number of amides is 2. The van der Waals surface area contributed by atoms with Gasteiger partial charge in [-0.2, -0.15) is 0 Å². The maximum atomic E-state index is 14.9. The normalized spacial score (nSPS) is 12.0. The van der Waals surface area contributed by atoms with Gasteiger partial charge >= 0.3 is 0 Å². The first-order valence-corrected chi connectivity index (χ1v) is 14.5. The Morgan fingerprint density at radius 2 is 1.61 bits per heavy atom. The molecule has 3 rings (SSSR count). The second-order valence-electron chi connectivity index (χ2n) is 8.74. The number of benzene rings is 3. The Balaban J connectivity index is 1.99. The highest BCUT2D eigenvalue weighted by Crippen LogP contribution is 2.27. The lowest BCUT2D eigenvalue weighted by Crippen LogP contribution is -2.51. The fourth-order valence-corrected chi connectivity index (χ4v) is 5.50. The van der Waals surface area contributed by atoms with E-state index >= 15 is 0 Å². The fourth-order valence-electron chi connectivity index (χ4n) is 3.79. The third-order valence-electron chi connectivity index (χ3n) is 5.99. The van der Waals surface area contributed by atoms with E-state index in [0.717, 1.165) is 33.2 Å². The molecule has 0 unspecified atom stereocenters. The van der Waals surface area contributed by atoms with Crippen LogP contribution in [0.4, 0.5) is 10.1 Å². The molecule has 2 amide bonds. The molecule has 3 aromatic carbocycles. The van der Waals surface area contributed by atoms with Crippen molar-refractivity contribution in [2.45, 2.75) is 44.2 Å². The minimum absolute atomic E-state index is 0.0605. The molecule has 0 fully saturated rings. The molecule has 1 atom stereocenters. The van der Waals surface area contributed by atoms with Crippen LogP contribution in [0.1, 0.15) is 32.3 Å². The molecular formula is C28H31BrFN3O4S. The Labute approximate surface area is 231 Å². The minimum Gasteiger partial charge on any atom is -0.354 e. The summed E-state index contributed by atoms with van der Waals surface area (Å²) < 4.78 is 43.7. The lowest BCUT2D eigenvalue weighted by molar-refractivity contribution is -0.139. The van der Waals surface area contributed by atoms with E-state index in [1.54, 1.807) is 37.3 Å². The Morgan fingerprint density at radius 3 is 2.24 bits per heavy atom. The summed E-state index contributed by atoms with van der Waals surface area (Å²) in [7, 11) is -4.31. The summed E-state index contributed by atoms with van der Waals surface area (Å²) >= 11 is 3.38. The molecule has 0 saturated carbocycles. The van der Waals surface area contributed by atoms with Crippen molar-refractivity contribution in [3.05, 3.63) is 94.7 Å². The van der Waals surface area contributed by atoms with E-state index in [1.165, 1.54) is 35.2 Å². The highest BCUT2D eigenvalue weighted by Gasteiger charge is 2.33. The Kier molecular flexibility index (Phi) is 10.4. The number of anilines is 1. The first kappa shape index (κ1) is 29.3. The van der Waals surface area contributed by atoms with Gasteiger partial charge in [-0.3, -0.25) is 13.9 Å². The minimum atomic E-state index is -4.31. The number of nitrogens with one attached hydrogen (secondary N) is 1. The fraction of sp³-hybridized carbons (Fsp3) is 0.286. The van der Waals surface area contributed by atoms with Crippen molar-refractivity contribution in [3.63, 3.8) is 0 Å². The number of sulfonamides is 1. The van der Waals surface area contributed by atoms with E-state index in [2.05, 4.69) is 21.2 Å². The first-order chi connectivity index (χ1) is 18.1. The molecule has 202 valence electrons. The Hall–Kier alpha value is -3.24. The molecule has 0 aliphatic heterocycles. The van der Waals surface area contributed by atoms with Crippen LogP contribution in [0, 0.1) is 5.82 Å². The van der Waals surface area contributed by atoms with Crippen LogP contribution in [0.2, 0.25) is 0 Å². The summed E-state index contributed by atoms with van der Waals surface area (Å²) in [4.78, 5) is 27.9. The average Bonchev–Trinajstić information content (AvgIpc) is 2.92. The van der Waals surface area contributed by atoms with E-state index in [0.29, 0.717) is 6.54 Å². The summed E-state index contributed by atoms with van der Waals surface area (Å²) in [6, 6.07) is 19.3. The number of para-hydroxylation sites is 1. The number of carbonyl (C=O) groups is 2. The van der Waals surface area contributed by atoms with Crippen molar-refractivity contribution in [1.82, 2.24) is 10.2 Å². The van der Waals surface area contributed by atoms with Crippen molar-refractivity contribution >= 4 is 43.5 Å². The van der Waals surface area contributed by atoms with Gasteiger partial charge in [-0.1, -0.05) is 71.7 Å². The average molecular weight is 605 g/mol. The number of nitrogens with zero attached hydrogens (tertiary/aromatic N) is 2. The predicted octanol–water partition coefficient (Wildman–Crippen LogP) is 5.12. The summed E-state index contributed by atoms with van der Waals surface area (Å²) in [6.45, 7) is 3.43. The molecule has 0 bridgehead atoms. The van der Waals surface area contributed by atoms with Crippen molar-refractivity contribution in [2.24, 2.45) is 0 Å². The molecule has 0 aliphatic carbocycles. The zero-order valence-electron chi connectivity index (χ0n) is 21.3. The Morgan fingerprint density at radius 1 is 0.974 bits per heavy atom. The molecule has 0 heterocycles. The van der Waals surface area contributed by atoms with Gasteiger partial charge in [0.1, 0.15) is 18.4 Å². The smallest absolute Gasteiger partial charge is 0.264 e. The molecule has 1 N–H and O–H groups in total. The third-order valence-corrected chi connectivity index (χ3v) is 8.30. The standard InChI is InChI=1S/C28H31BrFN3O4S/c1-3-4-18-31-28(35)21(2)32(19-22-14-16-23(29)17-15-22)27(34)20-33(26-13-9-8-12-25(26)30)38(36,37)24-10-6-5-7-11-24/h5-17,21H,3-4,18-20H2,1-2H3,(H,31,35)/t21-/m1/s1. The topological polar surface area (TPSA) is 86.8 Å². The van der Waals surface area contributed by atoms with Gasteiger partial charge in [0.05, 0.1) is 10.6 Å². The van der Waals surface area contributed by atoms with Crippen LogP contribution in [0.25, 0.3) is 0 Å². The van der Waals surface area contributed by atoms with Gasteiger partial charge in [-0.25, -0.2) is 12.8 Å². The van der Waals surface area contributed by atoms with Crippen LogP contribution in [-0.2, 0) is 26.2 Å². The van der Waals surface area contributed by atoms with Crippen LogP contribution in [0.3, 0.4) is 0 Å². The van der Waals surface area contributed by atoms with E-state index in [1.807, 2.05) is 19.1 Å². The number of halogens is 2. The zero-order chi connectivity index (χ0) is 27.7. The number of rotatable bonds is 12. The zero-order valence-corrected chi connectivity index (χ0v) is 23.7. The second-order valence-corrected chi connectivity index (χ2v) is 11.5. The van der Waals surface area contributed by atoms with Crippen LogP contribution in [0.5, 0.6) is 0 Å². The first-order valence-electron chi connectivity index (χ1n) is 12.3. The monoisotopic (exact) mass is 603 g/mol. The molecular weight excluding hydrogens is 573 g/mol. The number of carbonyl (C=O) groups excluding carboxylic acids is 2. The van der Waals surface area contributed by atoms with Gasteiger partial charge in [0, 0.05) is 17.6 Å². The number of hydrogen-bond donors (Lipinski definition) is 1. The van der Waals surface area contributed by atoms with E-state index in [9.17, 15) is 22.4 Å². The molecule has 3 aromatic rings. The maximum absolute atomic E-state index is 14.9. The third kappa shape index (κ3) is 7.41. The van der Waals surface area contributed by atoms with Gasteiger partial charge < -0.3 is 10.2 Å². The van der Waals surface area contributed by atoms with Crippen molar-refractivity contribution in [1.29, 1.82) is 0 Å². The summed E-state index contributed by atoms with van der Waals surface area (Å²) in [6.07, 6.45) is 1.68. The largest absolute Gasteiger partial charge is 0.354 e. The summed E-state index contributed by atoms with van der Waals surface area (Å²) in [5, 5.41) is 2.83. The van der Waals surface area contributed by atoms with Crippen molar-refractivity contribution in [3.8, 4) is 0 Å². The van der Waals surface area contributed by atoms with Gasteiger partial charge in [0.2, 0.25) is 11.8 Å². The molecule has 0 spiro atoms. The van der Waals surface area contributed by atoms with E-state index in [-0.39, 0.29) is 23.0 Å². The molecule has 0 saturated heterocycles. The molecule has 38 heavy (non-hydrogen) atoms. The van der Waals surface area contributed by atoms with E-state index in [4.69, 9.17) is 0 Å². The van der Waals surface area contributed by atoms with Gasteiger partial charge in [0.15, 0.2) is 0 Å². The van der Waals surface area contributed by atoms with Crippen molar-refractivity contribution in [2.75, 3.05) is 17.4 Å². The lowest BCUT2D eigenvalue weighted by atomic mass is 10.1. The predicted molar refractivity (Wildman–Crippen MR) is 149 cm³/mol. The molecule has 0 aromatic heterocycles. The molecule has 0 aliphatic rings. The van der Waals surface area contributed by atoms with Crippen LogP contribution in [0.15, 0.2) is 88.2 Å². The summed E-state index contributed by atoms with van der Waals surface area (Å²) in [5.74, 6) is -1.79. The van der Waals surface area contributed by atoms with Gasteiger partial charge in [-0.05, 0) is 55.3 Å². The molecule has 0 radical (unpaired) electrons. The van der Waals surface area contributed by atoms with Crippen LogP contribution in [-0.4, -0.2) is 44.3 Å². The van der Waals surface area contributed by atoms with Crippen LogP contribution >= 0.6 is 15.9 Å². The highest BCUT2D eigenvalue weighted by atomic mass is 79.9. The maximum Gasteiger partial charge on any atom is 0.264 e. The number of hydrogen-bond acceptors (Lipinski definition) is 4. The summed E-state index contributed by atoms with van der Waals surface area (Å²) in [5.41, 5.74) is 0.492. The molecule has 10 heteroatoms. The van der Waals surface area contributed by atoms with E-state index < -0.39 is 34.3 Å². The Bertz CT molecular complexity index is 1340. The van der Waals surface area contributed by atoms with Crippen LogP contribution < -0.4 is 9.62 Å². The van der Waals surface area contributed by atoms with Gasteiger partial charge in [0.25, 0.3) is 10.0 Å². The molecule has 7 nitrogen and oxygen atoms in total. The second kappa shape index (κ2) is 13.5. The highest BCUT2D eigenvalue weighted by molar-refractivity contribution is 9.10.